The number of rotatable bonds is 10. The summed E-state index contributed by atoms with van der Waals surface area (Å²) in [6.07, 6.45) is 5.38. The molecule has 0 radical (unpaired) electrons. The normalized spacial score (nSPS) is 10.8. The molecule has 0 aromatic carbocycles. The summed E-state index contributed by atoms with van der Waals surface area (Å²) in [5, 5.41) is 11.7. The van der Waals surface area contributed by atoms with Gasteiger partial charge in [-0.25, -0.2) is 4.79 Å². The second-order valence-electron chi connectivity index (χ2n) is 5.09. The summed E-state index contributed by atoms with van der Waals surface area (Å²) in [5.41, 5.74) is 5.28. The number of anilines is 2. The van der Waals surface area contributed by atoms with Gasteiger partial charge in [-0.2, -0.15) is 0 Å². The second-order valence-corrected chi connectivity index (χ2v) is 5.09. The molecule has 120 valence electrons. The maximum absolute atomic E-state index is 11.8. The van der Waals surface area contributed by atoms with Gasteiger partial charge in [0.15, 0.2) is 0 Å². The van der Waals surface area contributed by atoms with Crippen LogP contribution in [-0.2, 0) is 6.54 Å². The molecule has 0 fully saturated rings. The van der Waals surface area contributed by atoms with Crippen LogP contribution in [0, 0.1) is 0 Å². The third kappa shape index (κ3) is 5.26. The summed E-state index contributed by atoms with van der Waals surface area (Å²) >= 11 is 0. The molecule has 21 heavy (non-hydrogen) atoms. The number of aromatic nitrogens is 2. The first-order valence-corrected chi connectivity index (χ1v) is 7.59. The van der Waals surface area contributed by atoms with Gasteiger partial charge in [0, 0.05) is 19.7 Å². The van der Waals surface area contributed by atoms with E-state index in [4.69, 9.17) is 10.8 Å². The van der Waals surface area contributed by atoms with E-state index in [0.717, 1.165) is 38.5 Å². The molecule has 1 aromatic rings. The number of aliphatic hydroxyl groups excluding tert-OH is 1. The lowest BCUT2D eigenvalue weighted by Gasteiger charge is -2.13. The van der Waals surface area contributed by atoms with Crippen LogP contribution >= 0.6 is 0 Å². The second kappa shape index (κ2) is 9.23. The van der Waals surface area contributed by atoms with E-state index in [1.807, 2.05) is 6.92 Å². The van der Waals surface area contributed by atoms with Gasteiger partial charge < -0.3 is 16.2 Å². The Morgan fingerprint density at radius 1 is 1.19 bits per heavy atom. The quantitative estimate of drug-likeness (QED) is 0.479. The first kappa shape index (κ1) is 17.3. The van der Waals surface area contributed by atoms with Gasteiger partial charge in [0.25, 0.3) is 5.56 Å². The number of aliphatic hydroxyl groups is 1. The lowest BCUT2D eigenvalue weighted by Crippen LogP contribution is -2.34. The number of aromatic amines is 1. The molecule has 0 unspecified atom stereocenters. The highest BCUT2D eigenvalue weighted by Crippen LogP contribution is 2.11. The predicted octanol–water partition coefficient (Wildman–Crippen LogP) is 0.883. The van der Waals surface area contributed by atoms with Gasteiger partial charge in [0.1, 0.15) is 11.5 Å². The topological polar surface area (TPSA) is 113 Å². The van der Waals surface area contributed by atoms with E-state index in [-0.39, 0.29) is 18.1 Å². The summed E-state index contributed by atoms with van der Waals surface area (Å²) in [6.45, 7) is 3.36. The predicted molar refractivity (Wildman–Crippen MR) is 84.7 cm³/mol. The van der Waals surface area contributed by atoms with Crippen LogP contribution in [0.4, 0.5) is 11.5 Å². The number of nitrogens with zero attached hydrogens (tertiary/aromatic N) is 1. The molecule has 1 heterocycles. The molecule has 0 aliphatic rings. The number of nitrogen functional groups attached to an aromatic ring is 1. The van der Waals surface area contributed by atoms with Crippen molar-refractivity contribution in [1.29, 1.82) is 0 Å². The Morgan fingerprint density at radius 3 is 2.57 bits per heavy atom. The molecule has 0 spiro atoms. The molecule has 0 aliphatic carbocycles. The van der Waals surface area contributed by atoms with Crippen LogP contribution in [-0.4, -0.2) is 27.8 Å². The van der Waals surface area contributed by atoms with Gasteiger partial charge in [-0.3, -0.25) is 14.3 Å². The fraction of sp³-hybridized carbons (Fsp3) is 0.714. The lowest BCUT2D eigenvalue weighted by molar-refractivity contribution is 0.283. The first-order chi connectivity index (χ1) is 10.1. The Kier molecular flexibility index (Phi) is 7.60. The minimum absolute atomic E-state index is 0.201. The molecule has 0 bridgehead atoms. The molecular weight excluding hydrogens is 272 g/mol. The van der Waals surface area contributed by atoms with Gasteiger partial charge in [-0.15, -0.1) is 0 Å². The van der Waals surface area contributed by atoms with Crippen LogP contribution in [0.25, 0.3) is 0 Å². The number of hydrogen-bond acceptors (Lipinski definition) is 5. The Hall–Kier alpha value is -1.76. The van der Waals surface area contributed by atoms with Gasteiger partial charge >= 0.3 is 5.69 Å². The third-order valence-corrected chi connectivity index (χ3v) is 3.36. The number of nitrogens with two attached hydrogens (primary N) is 1. The monoisotopic (exact) mass is 298 g/mol. The highest BCUT2D eigenvalue weighted by atomic mass is 16.3. The van der Waals surface area contributed by atoms with Crippen molar-refractivity contribution in [3.63, 3.8) is 0 Å². The molecule has 5 N–H and O–H groups in total. The van der Waals surface area contributed by atoms with Crippen molar-refractivity contribution in [2.75, 3.05) is 24.2 Å². The zero-order valence-corrected chi connectivity index (χ0v) is 12.7. The van der Waals surface area contributed by atoms with E-state index in [9.17, 15) is 9.59 Å². The van der Waals surface area contributed by atoms with E-state index >= 15 is 0 Å². The zero-order chi connectivity index (χ0) is 15.7. The fourth-order valence-corrected chi connectivity index (χ4v) is 2.10. The fourth-order valence-electron chi connectivity index (χ4n) is 2.10. The van der Waals surface area contributed by atoms with Crippen LogP contribution in [0.1, 0.15) is 45.4 Å². The molecular formula is C14H26N4O3. The maximum Gasteiger partial charge on any atom is 0.330 e. The average Bonchev–Trinajstić information content (AvgIpc) is 2.45. The molecule has 0 saturated heterocycles. The minimum Gasteiger partial charge on any atom is -0.396 e. The average molecular weight is 298 g/mol. The summed E-state index contributed by atoms with van der Waals surface area (Å²) in [5.74, 6) is 0.201. The molecule has 7 heteroatoms. The van der Waals surface area contributed by atoms with Gasteiger partial charge in [-0.1, -0.05) is 26.2 Å². The van der Waals surface area contributed by atoms with Gasteiger partial charge in [0.2, 0.25) is 0 Å². The molecule has 0 atom stereocenters. The third-order valence-electron chi connectivity index (χ3n) is 3.36. The van der Waals surface area contributed by atoms with Crippen molar-refractivity contribution in [3.8, 4) is 0 Å². The highest BCUT2D eigenvalue weighted by molar-refractivity contribution is 5.60. The van der Waals surface area contributed by atoms with E-state index in [1.165, 1.54) is 4.57 Å². The van der Waals surface area contributed by atoms with Crippen molar-refractivity contribution in [3.05, 3.63) is 20.8 Å². The molecule has 1 aromatic heterocycles. The Bertz CT molecular complexity index is 536. The number of unbranched alkanes of at least 4 members (excludes halogenated alkanes) is 4. The van der Waals surface area contributed by atoms with Gasteiger partial charge in [-0.05, 0) is 19.3 Å². The summed E-state index contributed by atoms with van der Waals surface area (Å²) in [7, 11) is 0. The van der Waals surface area contributed by atoms with Crippen LogP contribution in [0.15, 0.2) is 9.59 Å². The number of nitrogens with one attached hydrogen (secondary N) is 2. The summed E-state index contributed by atoms with van der Waals surface area (Å²) in [4.78, 5) is 25.8. The van der Waals surface area contributed by atoms with Crippen LogP contribution < -0.4 is 22.3 Å². The van der Waals surface area contributed by atoms with Crippen LogP contribution in [0.3, 0.4) is 0 Å². The largest absolute Gasteiger partial charge is 0.396 e. The molecule has 7 nitrogen and oxygen atoms in total. The lowest BCUT2D eigenvalue weighted by atomic mass is 10.2. The van der Waals surface area contributed by atoms with Crippen LogP contribution in [0.5, 0.6) is 0 Å². The smallest absolute Gasteiger partial charge is 0.330 e. The van der Waals surface area contributed by atoms with Crippen molar-refractivity contribution in [1.82, 2.24) is 9.55 Å². The van der Waals surface area contributed by atoms with E-state index in [0.29, 0.717) is 13.1 Å². The van der Waals surface area contributed by atoms with Crippen molar-refractivity contribution < 1.29 is 5.11 Å². The summed E-state index contributed by atoms with van der Waals surface area (Å²) in [6, 6.07) is 0. The Labute approximate surface area is 124 Å². The number of H-pyrrole nitrogens is 1. The summed E-state index contributed by atoms with van der Waals surface area (Å²) < 4.78 is 1.40. The SMILES string of the molecule is CCCCn1c(N)c(NCCCCCCO)c(=O)[nH]c1=O. The molecule has 0 aliphatic heterocycles. The standard InChI is InChI=1S/C14H26N4O3/c1-2-3-9-18-12(15)11(13(20)17-14(18)21)16-8-6-4-5-7-10-19/h16,19H,2-10,15H2,1H3,(H,17,20,21). The Morgan fingerprint density at radius 2 is 1.90 bits per heavy atom. The maximum atomic E-state index is 11.8. The van der Waals surface area contributed by atoms with E-state index in [1.54, 1.807) is 0 Å². The van der Waals surface area contributed by atoms with Crippen molar-refractivity contribution in [2.24, 2.45) is 0 Å². The molecule has 0 saturated carbocycles. The first-order valence-electron chi connectivity index (χ1n) is 7.59. The molecule has 0 amide bonds. The van der Waals surface area contributed by atoms with Crippen molar-refractivity contribution in [2.45, 2.75) is 52.0 Å². The minimum atomic E-state index is -0.472. The van der Waals surface area contributed by atoms with Crippen molar-refractivity contribution >= 4 is 11.5 Å². The zero-order valence-electron chi connectivity index (χ0n) is 12.7. The molecule has 1 rings (SSSR count). The van der Waals surface area contributed by atoms with Crippen LogP contribution in [0.2, 0.25) is 0 Å². The van der Waals surface area contributed by atoms with E-state index in [2.05, 4.69) is 10.3 Å². The Balaban J connectivity index is 2.68. The number of hydrogen-bond donors (Lipinski definition) is 4. The van der Waals surface area contributed by atoms with Gasteiger partial charge in [0.05, 0.1) is 0 Å². The van der Waals surface area contributed by atoms with E-state index < -0.39 is 11.2 Å². The highest BCUT2D eigenvalue weighted by Gasteiger charge is 2.11.